The summed E-state index contributed by atoms with van der Waals surface area (Å²) < 4.78 is 16.2. The van der Waals surface area contributed by atoms with Gasteiger partial charge in [-0.05, 0) is 65.3 Å². The molecule has 0 saturated carbocycles. The van der Waals surface area contributed by atoms with Crippen LogP contribution in [0.5, 0.6) is 0 Å². The summed E-state index contributed by atoms with van der Waals surface area (Å²) >= 11 is 0. The number of nitrogens with two attached hydrogens (primary N) is 1. The van der Waals surface area contributed by atoms with Crippen molar-refractivity contribution < 1.29 is 34.4 Å². The van der Waals surface area contributed by atoms with E-state index in [9.17, 15) is 24.5 Å². The first-order valence-corrected chi connectivity index (χ1v) is 14.1. The summed E-state index contributed by atoms with van der Waals surface area (Å²) in [7, 11) is 0. The summed E-state index contributed by atoms with van der Waals surface area (Å²) in [5.41, 5.74) is 11.7. The minimum absolute atomic E-state index is 0.0442. The minimum atomic E-state index is -1.14. The third-order valence-corrected chi connectivity index (χ3v) is 7.10. The average Bonchev–Trinajstić information content (AvgIpc) is 3.32. The number of carbonyl (C=O) groups excluding carboxylic acids is 1. The zero-order valence-corrected chi connectivity index (χ0v) is 24.4. The van der Waals surface area contributed by atoms with Crippen LogP contribution in [-0.4, -0.2) is 49.6 Å². The molecule has 3 aromatic carbocycles. The van der Waals surface area contributed by atoms with Crippen molar-refractivity contribution in [3.05, 3.63) is 95.9 Å². The predicted octanol–water partition coefficient (Wildman–Crippen LogP) is 5.32. The number of aliphatic hydroxyl groups excluding tert-OH is 3. The molecule has 0 aliphatic heterocycles. The highest BCUT2D eigenvalue weighted by Crippen LogP contribution is 2.47. The van der Waals surface area contributed by atoms with Gasteiger partial charge < -0.3 is 30.7 Å². The number of aliphatic carboxylic acids is 1. The quantitative estimate of drug-likeness (QED) is 0.141. The summed E-state index contributed by atoms with van der Waals surface area (Å²) in [4.78, 5) is 19.6. The molecule has 0 saturated heterocycles. The lowest BCUT2D eigenvalue weighted by Crippen LogP contribution is -2.22. The molecule has 1 amide bonds. The fourth-order valence-electron chi connectivity index (χ4n) is 5.33. The topological polar surface area (TPSA) is 146 Å². The van der Waals surface area contributed by atoms with Crippen molar-refractivity contribution in [1.82, 2.24) is 4.57 Å². The molecule has 0 bridgehead atoms. The molecule has 0 fully saturated rings. The number of aliphatic hydroxyl groups is 3. The van der Waals surface area contributed by atoms with Crippen molar-refractivity contribution in [1.29, 1.82) is 0 Å². The molecular weight excluding hydrogens is 551 g/mol. The van der Waals surface area contributed by atoms with Gasteiger partial charge in [0.15, 0.2) is 0 Å². The molecule has 0 radical (unpaired) electrons. The zero-order chi connectivity index (χ0) is 31.5. The Labute approximate surface area is 250 Å². The van der Waals surface area contributed by atoms with E-state index in [2.05, 4.69) is 24.1 Å². The van der Waals surface area contributed by atoms with Gasteiger partial charge in [0.2, 0.25) is 6.41 Å². The highest BCUT2D eigenvalue weighted by Gasteiger charge is 2.28. The second-order valence-electron chi connectivity index (χ2n) is 10.6. The van der Waals surface area contributed by atoms with Crippen molar-refractivity contribution in [2.24, 2.45) is 5.73 Å². The van der Waals surface area contributed by atoms with Crippen LogP contribution in [-0.2, 0) is 22.7 Å². The Hall–Kier alpha value is -4.31. The molecule has 9 heteroatoms. The number of carboxylic acid groups (broad SMARTS) is 1. The summed E-state index contributed by atoms with van der Waals surface area (Å²) in [6.07, 6.45) is -1.98. The Kier molecular flexibility index (Phi) is 12.2. The fraction of sp³-hybridized carbons (Fsp3) is 0.294. The Morgan fingerprint density at radius 2 is 1.44 bits per heavy atom. The molecular formula is C34H39FN2O6. The first-order chi connectivity index (χ1) is 20.6. The maximum Gasteiger partial charge on any atom is 0.305 e. The van der Waals surface area contributed by atoms with Crippen molar-refractivity contribution in [3.8, 4) is 33.5 Å². The summed E-state index contributed by atoms with van der Waals surface area (Å²) in [5, 5.41) is 39.4. The Morgan fingerprint density at radius 1 is 0.884 bits per heavy atom. The second-order valence-corrected chi connectivity index (χ2v) is 10.6. The third-order valence-electron chi connectivity index (χ3n) is 7.10. The van der Waals surface area contributed by atoms with Gasteiger partial charge in [-0.1, -0.05) is 68.4 Å². The molecule has 6 N–H and O–H groups in total. The number of aromatic nitrogens is 1. The van der Waals surface area contributed by atoms with Crippen LogP contribution >= 0.6 is 0 Å². The first kappa shape index (κ1) is 33.2. The van der Waals surface area contributed by atoms with E-state index in [1.807, 2.05) is 54.6 Å². The number of amides is 1. The molecule has 4 aromatic rings. The summed E-state index contributed by atoms with van der Waals surface area (Å²) in [6.45, 7) is 4.55. The van der Waals surface area contributed by atoms with Crippen LogP contribution < -0.4 is 5.73 Å². The van der Waals surface area contributed by atoms with Crippen LogP contribution in [0.2, 0.25) is 0 Å². The molecule has 1 aromatic heterocycles. The smallest absolute Gasteiger partial charge is 0.305 e. The van der Waals surface area contributed by atoms with Crippen LogP contribution in [0.15, 0.2) is 78.9 Å². The Balaban J connectivity index is 0.00000162. The van der Waals surface area contributed by atoms with E-state index in [0.717, 1.165) is 44.8 Å². The van der Waals surface area contributed by atoms with E-state index in [0.29, 0.717) is 6.54 Å². The van der Waals surface area contributed by atoms with Gasteiger partial charge in [0.1, 0.15) is 5.82 Å². The number of nitrogens with zero attached hydrogens (tertiary/aromatic N) is 1. The molecule has 0 spiro atoms. The van der Waals surface area contributed by atoms with Gasteiger partial charge in [0.05, 0.1) is 30.9 Å². The SMILES string of the molecule is CC(C)c1c(-c2ccc(CO)cc2)c(-c2ccccc2)c(-c2ccc(F)cc2)n1CCC(O)CC(O)CC(=O)O.NC=O. The van der Waals surface area contributed by atoms with Gasteiger partial charge in [0.25, 0.3) is 0 Å². The second kappa shape index (κ2) is 15.8. The lowest BCUT2D eigenvalue weighted by Gasteiger charge is -2.20. The summed E-state index contributed by atoms with van der Waals surface area (Å²) in [6, 6.07) is 24.1. The largest absolute Gasteiger partial charge is 0.481 e. The van der Waals surface area contributed by atoms with Crippen LogP contribution in [0.25, 0.3) is 33.5 Å². The third kappa shape index (κ3) is 8.61. The highest BCUT2D eigenvalue weighted by atomic mass is 19.1. The number of benzene rings is 3. The molecule has 43 heavy (non-hydrogen) atoms. The van der Waals surface area contributed by atoms with E-state index < -0.39 is 24.6 Å². The van der Waals surface area contributed by atoms with Gasteiger partial charge in [-0.3, -0.25) is 9.59 Å². The van der Waals surface area contributed by atoms with Gasteiger partial charge in [-0.25, -0.2) is 4.39 Å². The standard InChI is InChI=1S/C33H36FNO5.CH3NO/c1-21(2)32-30(24-10-8-22(20-36)9-11-24)31(23-6-4-3-5-7-23)33(25-12-14-26(34)15-13-25)35(32)17-16-27(37)18-28(38)19-29(39)40;2-1-3/h3-15,21,27-28,36-38H,16-20H2,1-2H3,(H,39,40);1H,(H2,2,3). The molecule has 2 unspecified atom stereocenters. The number of hydrogen-bond donors (Lipinski definition) is 5. The summed E-state index contributed by atoms with van der Waals surface area (Å²) in [5.74, 6) is -1.39. The molecule has 4 rings (SSSR count). The first-order valence-electron chi connectivity index (χ1n) is 14.1. The van der Waals surface area contributed by atoms with Gasteiger partial charge in [0, 0.05) is 23.4 Å². The number of carboxylic acids is 1. The molecule has 0 aliphatic carbocycles. The fourth-order valence-corrected chi connectivity index (χ4v) is 5.33. The van der Waals surface area contributed by atoms with Gasteiger partial charge >= 0.3 is 5.97 Å². The van der Waals surface area contributed by atoms with Crippen LogP contribution in [0.3, 0.4) is 0 Å². The number of primary amides is 1. The van der Waals surface area contributed by atoms with Crippen molar-refractivity contribution in [2.75, 3.05) is 0 Å². The van der Waals surface area contributed by atoms with Crippen molar-refractivity contribution >= 4 is 12.4 Å². The maximum absolute atomic E-state index is 14.0. The number of rotatable bonds is 12. The number of carbonyl (C=O) groups is 2. The number of hydrogen-bond acceptors (Lipinski definition) is 5. The zero-order valence-electron chi connectivity index (χ0n) is 24.4. The lowest BCUT2D eigenvalue weighted by atomic mass is 9.90. The Morgan fingerprint density at radius 3 is 1.98 bits per heavy atom. The molecule has 228 valence electrons. The van der Waals surface area contributed by atoms with Gasteiger partial charge in [-0.2, -0.15) is 0 Å². The van der Waals surface area contributed by atoms with E-state index in [4.69, 9.17) is 9.90 Å². The average molecular weight is 591 g/mol. The number of halogens is 1. The molecule has 0 aliphatic rings. The Bertz CT molecular complexity index is 1470. The van der Waals surface area contributed by atoms with Gasteiger partial charge in [-0.15, -0.1) is 0 Å². The molecule has 8 nitrogen and oxygen atoms in total. The lowest BCUT2D eigenvalue weighted by molar-refractivity contribution is -0.139. The highest BCUT2D eigenvalue weighted by molar-refractivity contribution is 5.96. The monoisotopic (exact) mass is 590 g/mol. The van der Waals surface area contributed by atoms with Crippen LogP contribution in [0.1, 0.15) is 50.3 Å². The van der Waals surface area contributed by atoms with Crippen molar-refractivity contribution in [3.63, 3.8) is 0 Å². The predicted molar refractivity (Wildman–Crippen MR) is 164 cm³/mol. The van der Waals surface area contributed by atoms with E-state index in [1.54, 1.807) is 12.1 Å². The van der Waals surface area contributed by atoms with Crippen LogP contribution in [0.4, 0.5) is 4.39 Å². The minimum Gasteiger partial charge on any atom is -0.481 e. The van der Waals surface area contributed by atoms with Crippen LogP contribution in [0, 0.1) is 5.82 Å². The van der Waals surface area contributed by atoms with E-state index in [-0.39, 0.29) is 37.6 Å². The molecule has 1 heterocycles. The maximum atomic E-state index is 14.0. The van der Waals surface area contributed by atoms with Crippen molar-refractivity contribution in [2.45, 2.75) is 64.4 Å². The normalized spacial score (nSPS) is 12.3. The molecule has 2 atom stereocenters. The van der Waals surface area contributed by atoms with E-state index in [1.165, 1.54) is 12.1 Å². The van der Waals surface area contributed by atoms with E-state index >= 15 is 0 Å².